The largest absolute Gasteiger partial charge is 0.346 e. The molecule has 0 radical (unpaired) electrons. The van der Waals surface area contributed by atoms with Crippen LogP contribution in [0.15, 0.2) is 208 Å². The van der Waals surface area contributed by atoms with Gasteiger partial charge in [0, 0.05) is 45.8 Å². The van der Waals surface area contributed by atoms with Gasteiger partial charge in [0.15, 0.2) is 0 Å². The zero-order valence-electron chi connectivity index (χ0n) is 61.3. The lowest BCUT2D eigenvalue weighted by molar-refractivity contribution is 0.399. The first-order chi connectivity index (χ1) is 40.8. The maximum atomic E-state index is 4.28. The first kappa shape index (κ1) is 77.0. The molecule has 3 aromatic rings. The smallest absolute Gasteiger partial charge is 0.0464 e. The normalized spacial score (nSPS) is 19.4. The molecule has 87 heavy (non-hydrogen) atoms. The summed E-state index contributed by atoms with van der Waals surface area (Å²) in [5.41, 5.74) is 25.8. The van der Waals surface area contributed by atoms with Gasteiger partial charge in [0.1, 0.15) is 0 Å². The SMILES string of the molecule is C/C=C\C1=C(C)C(C/C(C)=C\C)(c2cc(N(/C(C)=C/C=C(\C)C(C)(C)C)c3ccc4c(c3)C(/C=C\C(C)C)=C(C)C4(C)C)ccc2C)/C(=C/C)C1.C=C(C)N(C/C=C\C(=C/C)C(C)(C)C)/C1=C/C=C\Cc2ccccc2C(C)(C)C1.CC.CC.CCC. The number of rotatable bonds is 15. The molecule has 0 bridgehead atoms. The number of hydrogen-bond acceptors (Lipinski definition) is 2. The van der Waals surface area contributed by atoms with Crippen molar-refractivity contribution in [2.45, 2.75) is 249 Å². The van der Waals surface area contributed by atoms with Crippen molar-refractivity contribution in [3.05, 3.63) is 242 Å². The quantitative estimate of drug-likeness (QED) is 0.111. The molecule has 0 amide bonds. The van der Waals surface area contributed by atoms with Gasteiger partial charge < -0.3 is 9.80 Å². The third-order valence-corrected chi connectivity index (χ3v) is 17.8. The molecule has 6 rings (SSSR count). The van der Waals surface area contributed by atoms with Crippen molar-refractivity contribution < 1.29 is 0 Å². The zero-order chi connectivity index (χ0) is 66.4. The van der Waals surface area contributed by atoms with E-state index in [-0.39, 0.29) is 27.1 Å². The Morgan fingerprint density at radius 2 is 1.33 bits per heavy atom. The third-order valence-electron chi connectivity index (χ3n) is 17.8. The predicted molar refractivity (Wildman–Crippen MR) is 395 cm³/mol. The van der Waals surface area contributed by atoms with Gasteiger partial charge in [-0.15, -0.1) is 0 Å². The van der Waals surface area contributed by atoms with Crippen LogP contribution in [0.1, 0.15) is 253 Å². The molecule has 0 aliphatic heterocycles. The summed E-state index contributed by atoms with van der Waals surface area (Å²) in [5, 5.41) is 0. The maximum Gasteiger partial charge on any atom is 0.0464 e. The van der Waals surface area contributed by atoms with E-state index < -0.39 is 0 Å². The van der Waals surface area contributed by atoms with Crippen molar-refractivity contribution >= 4 is 16.9 Å². The molecule has 1 atom stereocenters. The number of nitrogens with zero attached hydrogens (tertiary/aromatic N) is 2. The summed E-state index contributed by atoms with van der Waals surface area (Å²) in [4.78, 5) is 4.85. The summed E-state index contributed by atoms with van der Waals surface area (Å²) < 4.78 is 0. The zero-order valence-corrected chi connectivity index (χ0v) is 61.3. The van der Waals surface area contributed by atoms with Gasteiger partial charge in [0.05, 0.1) is 0 Å². The van der Waals surface area contributed by atoms with Gasteiger partial charge in [-0.3, -0.25) is 0 Å². The van der Waals surface area contributed by atoms with Crippen molar-refractivity contribution in [1.82, 2.24) is 4.90 Å². The van der Waals surface area contributed by atoms with Crippen molar-refractivity contribution in [3.63, 3.8) is 0 Å². The van der Waals surface area contributed by atoms with Crippen LogP contribution in [0.2, 0.25) is 0 Å². The van der Waals surface area contributed by atoms with E-state index in [0.29, 0.717) is 5.92 Å². The van der Waals surface area contributed by atoms with Crippen LogP contribution in [0.3, 0.4) is 0 Å². The Labute approximate surface area is 538 Å². The van der Waals surface area contributed by atoms with Crippen LogP contribution in [-0.2, 0) is 22.7 Å². The van der Waals surface area contributed by atoms with Gasteiger partial charge in [-0.25, -0.2) is 0 Å². The highest BCUT2D eigenvalue weighted by atomic mass is 15.1. The van der Waals surface area contributed by atoms with E-state index in [1.165, 1.54) is 107 Å². The minimum absolute atomic E-state index is 0.0132. The van der Waals surface area contributed by atoms with Crippen molar-refractivity contribution in [1.29, 1.82) is 0 Å². The van der Waals surface area contributed by atoms with Crippen molar-refractivity contribution in [2.75, 3.05) is 11.4 Å². The van der Waals surface area contributed by atoms with Gasteiger partial charge in [-0.05, 0) is 211 Å². The Kier molecular flexibility index (Phi) is 30.6. The van der Waals surface area contributed by atoms with Crippen LogP contribution in [-0.4, -0.2) is 11.4 Å². The molecule has 0 aromatic heterocycles. The van der Waals surface area contributed by atoms with E-state index >= 15 is 0 Å². The molecular weight excluding hydrogens is 1050 g/mol. The average molecular weight is 1180 g/mol. The highest BCUT2D eigenvalue weighted by Gasteiger charge is 2.44. The Bertz CT molecular complexity index is 3140. The Morgan fingerprint density at radius 3 is 1.89 bits per heavy atom. The van der Waals surface area contributed by atoms with E-state index in [2.05, 4.69) is 335 Å². The molecule has 0 spiro atoms. The summed E-state index contributed by atoms with van der Waals surface area (Å²) in [7, 11) is 0. The number of allylic oxidation sites excluding steroid dienone is 24. The number of hydrogen-bond donors (Lipinski definition) is 0. The molecule has 0 saturated heterocycles. The molecule has 3 aliphatic carbocycles. The summed E-state index contributed by atoms with van der Waals surface area (Å²) in [6, 6.07) is 23.3. The second-order valence-electron chi connectivity index (χ2n) is 27.6. The van der Waals surface area contributed by atoms with Gasteiger partial charge in [-0.2, -0.15) is 0 Å². The molecule has 2 heteroatoms. The fourth-order valence-electron chi connectivity index (χ4n) is 12.1. The fraction of sp³-hybridized carbons (Fsp3) is 0.482. The molecule has 3 aromatic carbocycles. The molecule has 0 N–H and O–H groups in total. The van der Waals surface area contributed by atoms with E-state index in [0.717, 1.165) is 37.9 Å². The van der Waals surface area contributed by atoms with Gasteiger partial charge in [-0.1, -0.05) is 275 Å². The lowest BCUT2D eigenvalue weighted by Crippen LogP contribution is -2.29. The van der Waals surface area contributed by atoms with Crippen molar-refractivity contribution in [3.8, 4) is 0 Å². The third kappa shape index (κ3) is 19.7. The maximum absolute atomic E-state index is 4.28. The predicted octanol–water partition coefficient (Wildman–Crippen LogP) is 26.3. The van der Waals surface area contributed by atoms with Gasteiger partial charge in [0.2, 0.25) is 0 Å². The molecule has 3 aliphatic rings. The second-order valence-corrected chi connectivity index (χ2v) is 27.6. The molecule has 476 valence electrons. The second kappa shape index (κ2) is 34.6. The van der Waals surface area contributed by atoms with Crippen molar-refractivity contribution in [2.24, 2.45) is 16.7 Å². The Hall–Kier alpha value is -6.12. The molecule has 0 saturated carbocycles. The van der Waals surface area contributed by atoms with Crippen LogP contribution in [0.25, 0.3) is 5.57 Å². The summed E-state index contributed by atoms with van der Waals surface area (Å²) in [5.74, 6) is 0.494. The van der Waals surface area contributed by atoms with Crippen LogP contribution in [0.5, 0.6) is 0 Å². The van der Waals surface area contributed by atoms with Gasteiger partial charge >= 0.3 is 0 Å². The average Bonchev–Trinajstić information content (AvgIpc) is 1.68. The van der Waals surface area contributed by atoms with E-state index in [1.54, 1.807) is 0 Å². The molecule has 2 nitrogen and oxygen atoms in total. The summed E-state index contributed by atoms with van der Waals surface area (Å²) >= 11 is 0. The minimum Gasteiger partial charge on any atom is -0.346 e. The Morgan fingerprint density at radius 1 is 0.724 bits per heavy atom. The monoisotopic (exact) mass is 1170 g/mol. The molecule has 0 heterocycles. The van der Waals surface area contributed by atoms with Crippen LogP contribution in [0, 0.1) is 23.7 Å². The number of benzene rings is 3. The fourth-order valence-corrected chi connectivity index (χ4v) is 12.1. The Balaban J connectivity index is 0.000000606. The number of anilines is 2. The van der Waals surface area contributed by atoms with Crippen LogP contribution < -0.4 is 4.90 Å². The van der Waals surface area contributed by atoms with Crippen LogP contribution in [0.4, 0.5) is 11.4 Å². The van der Waals surface area contributed by atoms with Gasteiger partial charge in [0.25, 0.3) is 0 Å². The highest BCUT2D eigenvalue weighted by molar-refractivity contribution is 5.88. The lowest BCUT2D eigenvalue weighted by Gasteiger charge is -2.37. The first-order valence-electron chi connectivity index (χ1n) is 33.4. The van der Waals surface area contributed by atoms with E-state index in [1.807, 2.05) is 27.7 Å². The number of aryl methyl sites for hydroxylation is 1. The minimum atomic E-state index is -0.192. The van der Waals surface area contributed by atoms with E-state index in [4.69, 9.17) is 0 Å². The summed E-state index contributed by atoms with van der Waals surface area (Å²) in [6.45, 7) is 69.6. The topological polar surface area (TPSA) is 6.48 Å². The lowest BCUT2D eigenvalue weighted by atomic mass is 9.67. The molecular formula is C85H126N2. The highest BCUT2D eigenvalue weighted by Crippen LogP contribution is 2.55. The van der Waals surface area contributed by atoms with Crippen LogP contribution >= 0.6 is 0 Å². The molecule has 0 fully saturated rings. The number of fused-ring (bicyclic) bond motifs is 2. The standard InChI is InChI=1S/C50H67N.C28H39N.C3H8.2C2H6/c1-17-20-40-29-41(19-3)50(38(40)10,32-34(6)18-2)47-31-43(25-22-35(47)7)51(37(9)24-23-36(8)48(12,13)14)42-26-28-46-45(30-42)44(27-21-33(4)5)39(11)49(46,15)16;1-9-24(27(4,5)6)17-14-20-29(22(2)3)25-18-12-10-15-23-16-11-13-19-26(23)28(7,8)21-25;1-3-2;2*1-2/h17-28,30-31,33H,29,32H2,1-16H3;9-14,16-19H,2,15,20-21H2,1,3-8H3;3H2,1-2H3;2*1-2H3/b20-17-,27-21-,34-18-,36-23+,37-24+,41-19+;12-10-,17-14-,24-9+,25-18+;;;. The summed E-state index contributed by atoms with van der Waals surface area (Å²) in [6.07, 6.45) is 37.2. The van der Waals surface area contributed by atoms with E-state index in [9.17, 15) is 0 Å². The molecule has 1 unspecified atom stereocenters. The first-order valence-corrected chi connectivity index (χ1v) is 33.4.